The fraction of sp³-hybridized carbons (Fsp3) is 0. The van der Waals surface area contributed by atoms with Crippen molar-refractivity contribution in [3.63, 3.8) is 0 Å². The molecule has 3 aromatic carbocycles. The lowest BCUT2D eigenvalue weighted by molar-refractivity contribution is 0.102. The number of anilines is 1. The molecule has 10 nitrogen and oxygen atoms in total. The molecule has 0 radical (unpaired) electrons. The Hall–Kier alpha value is -5.14. The van der Waals surface area contributed by atoms with Crippen LogP contribution in [0.15, 0.2) is 89.5 Å². The number of nitrogens with one attached hydrogen (secondary N) is 1. The first-order valence-corrected chi connectivity index (χ1v) is 10.9. The van der Waals surface area contributed by atoms with Crippen LogP contribution in [0.4, 0.5) is 17.2 Å². The first-order valence-electron chi connectivity index (χ1n) is 10.5. The van der Waals surface area contributed by atoms with E-state index in [1.807, 2.05) is 6.07 Å². The summed E-state index contributed by atoms with van der Waals surface area (Å²) in [5.41, 5.74) is 0.636. The van der Waals surface area contributed by atoms with Crippen molar-refractivity contribution >= 4 is 45.5 Å². The van der Waals surface area contributed by atoms with Gasteiger partial charge in [0.05, 0.1) is 11.8 Å². The second-order valence-electron chi connectivity index (χ2n) is 7.46. The smallest absolute Gasteiger partial charge is 0.260 e. The van der Waals surface area contributed by atoms with Gasteiger partial charge in [-0.1, -0.05) is 41.9 Å². The third kappa shape index (κ3) is 4.34. The van der Waals surface area contributed by atoms with Gasteiger partial charge in [0, 0.05) is 23.1 Å². The zero-order valence-corrected chi connectivity index (χ0v) is 19.1. The standard InChI is InChI=1S/C25H15ClN8O2/c26-17-6-3-7-18(12-17)31-24(36)21-19-8-2-1-5-15(19)11-20(22(21)35)32-33-23-16(13-27)14-30-34(23)25-28-9-4-10-29-25/h1-12,14,35H,(H,31,36)/b33-32+. The Morgan fingerprint density at radius 2 is 1.86 bits per heavy atom. The number of phenolic OH excluding ortho intramolecular Hbond substituents is 1. The van der Waals surface area contributed by atoms with Gasteiger partial charge in [-0.15, -0.1) is 10.2 Å². The lowest BCUT2D eigenvalue weighted by Gasteiger charge is -2.12. The number of halogens is 1. The van der Waals surface area contributed by atoms with Gasteiger partial charge in [0.15, 0.2) is 11.6 Å². The summed E-state index contributed by atoms with van der Waals surface area (Å²) >= 11 is 6.03. The first-order chi connectivity index (χ1) is 17.5. The van der Waals surface area contributed by atoms with Crippen molar-refractivity contribution in [2.45, 2.75) is 0 Å². The number of hydrogen-bond donors (Lipinski definition) is 2. The molecule has 0 unspecified atom stereocenters. The first kappa shape index (κ1) is 22.6. The Kier molecular flexibility index (Phi) is 6.05. The van der Waals surface area contributed by atoms with E-state index in [1.54, 1.807) is 60.7 Å². The Labute approximate surface area is 209 Å². The molecule has 5 rings (SSSR count). The van der Waals surface area contributed by atoms with Gasteiger partial charge >= 0.3 is 0 Å². The minimum absolute atomic E-state index is 0.0161. The molecule has 2 N–H and O–H groups in total. The van der Waals surface area contributed by atoms with Crippen LogP contribution in [0.1, 0.15) is 15.9 Å². The average molecular weight is 495 g/mol. The molecule has 1 amide bonds. The summed E-state index contributed by atoms with van der Waals surface area (Å²) in [6.45, 7) is 0. The predicted octanol–water partition coefficient (Wildman–Crippen LogP) is 5.71. The molecule has 0 spiro atoms. The summed E-state index contributed by atoms with van der Waals surface area (Å²) in [7, 11) is 0. The average Bonchev–Trinajstić information content (AvgIpc) is 3.31. The van der Waals surface area contributed by atoms with E-state index < -0.39 is 5.91 Å². The number of benzene rings is 3. The van der Waals surface area contributed by atoms with E-state index >= 15 is 0 Å². The maximum Gasteiger partial charge on any atom is 0.260 e. The van der Waals surface area contributed by atoms with E-state index in [-0.39, 0.29) is 34.3 Å². The minimum Gasteiger partial charge on any atom is -0.505 e. The van der Waals surface area contributed by atoms with Gasteiger partial charge in [0.2, 0.25) is 0 Å². The number of phenols is 1. The van der Waals surface area contributed by atoms with Gasteiger partial charge in [-0.05, 0) is 41.1 Å². The van der Waals surface area contributed by atoms with Crippen molar-refractivity contribution in [3.05, 3.63) is 95.4 Å². The summed E-state index contributed by atoms with van der Waals surface area (Å²) in [5.74, 6) is -0.667. The number of amides is 1. The van der Waals surface area contributed by atoms with E-state index in [0.717, 1.165) is 0 Å². The number of nitrogens with zero attached hydrogens (tertiary/aromatic N) is 7. The molecular weight excluding hydrogens is 480 g/mol. The highest BCUT2D eigenvalue weighted by Crippen LogP contribution is 2.38. The van der Waals surface area contributed by atoms with Crippen molar-refractivity contribution < 1.29 is 9.90 Å². The number of carbonyl (C=O) groups is 1. The van der Waals surface area contributed by atoms with E-state index in [1.165, 1.54) is 23.3 Å². The maximum atomic E-state index is 13.2. The summed E-state index contributed by atoms with van der Waals surface area (Å²) in [6, 6.07) is 19.0. The van der Waals surface area contributed by atoms with E-state index in [2.05, 4.69) is 30.6 Å². The SMILES string of the molecule is N#Cc1cnn(-c2ncccn2)c1/N=N/c1cc2ccccc2c(C(=O)Nc2cccc(Cl)c2)c1O. The van der Waals surface area contributed by atoms with Crippen molar-refractivity contribution in [2.24, 2.45) is 10.2 Å². The van der Waals surface area contributed by atoms with Crippen LogP contribution in [0.3, 0.4) is 0 Å². The molecule has 0 aliphatic rings. The fourth-order valence-electron chi connectivity index (χ4n) is 3.55. The monoisotopic (exact) mass is 494 g/mol. The molecule has 2 heterocycles. The highest BCUT2D eigenvalue weighted by atomic mass is 35.5. The minimum atomic E-state index is -0.552. The lowest BCUT2D eigenvalue weighted by Crippen LogP contribution is -2.12. The molecule has 0 bridgehead atoms. The summed E-state index contributed by atoms with van der Waals surface area (Å²) in [6.07, 6.45) is 4.36. The molecule has 0 aliphatic heterocycles. The van der Waals surface area contributed by atoms with Crippen LogP contribution < -0.4 is 5.32 Å². The Morgan fingerprint density at radius 3 is 2.64 bits per heavy atom. The van der Waals surface area contributed by atoms with Crippen LogP contribution in [0, 0.1) is 11.3 Å². The lowest BCUT2D eigenvalue weighted by atomic mass is 10.0. The second-order valence-corrected chi connectivity index (χ2v) is 7.90. The summed E-state index contributed by atoms with van der Waals surface area (Å²) in [4.78, 5) is 21.5. The molecular formula is C25H15ClN8O2. The molecule has 174 valence electrons. The van der Waals surface area contributed by atoms with Gasteiger partial charge < -0.3 is 10.4 Å². The van der Waals surface area contributed by atoms with Crippen molar-refractivity contribution in [1.82, 2.24) is 19.7 Å². The topological polar surface area (TPSA) is 141 Å². The van der Waals surface area contributed by atoms with Crippen LogP contribution in [0.2, 0.25) is 5.02 Å². The molecule has 36 heavy (non-hydrogen) atoms. The van der Waals surface area contributed by atoms with Crippen LogP contribution in [0.25, 0.3) is 16.7 Å². The molecule has 0 atom stereocenters. The molecule has 5 aromatic rings. The molecule has 0 saturated heterocycles. The van der Waals surface area contributed by atoms with Gasteiger partial charge in [-0.2, -0.15) is 15.0 Å². The number of nitriles is 1. The van der Waals surface area contributed by atoms with Crippen LogP contribution in [-0.4, -0.2) is 30.8 Å². The van der Waals surface area contributed by atoms with Gasteiger partial charge in [0.25, 0.3) is 11.9 Å². The van der Waals surface area contributed by atoms with Crippen LogP contribution >= 0.6 is 11.6 Å². The number of aromatic hydroxyl groups is 1. The van der Waals surface area contributed by atoms with Crippen LogP contribution in [-0.2, 0) is 0 Å². The van der Waals surface area contributed by atoms with Crippen molar-refractivity contribution in [2.75, 3.05) is 5.32 Å². The molecule has 2 aromatic heterocycles. The fourth-order valence-corrected chi connectivity index (χ4v) is 3.74. The number of fused-ring (bicyclic) bond motifs is 1. The second kappa shape index (κ2) is 9.61. The number of aromatic nitrogens is 4. The Morgan fingerprint density at radius 1 is 1.06 bits per heavy atom. The summed E-state index contributed by atoms with van der Waals surface area (Å²) < 4.78 is 1.26. The normalized spacial score (nSPS) is 11.0. The van der Waals surface area contributed by atoms with Crippen LogP contribution in [0.5, 0.6) is 5.75 Å². The highest BCUT2D eigenvalue weighted by Gasteiger charge is 2.20. The molecule has 0 fully saturated rings. The zero-order chi connectivity index (χ0) is 25.1. The third-order valence-electron chi connectivity index (χ3n) is 5.17. The third-order valence-corrected chi connectivity index (χ3v) is 5.40. The quantitative estimate of drug-likeness (QED) is 0.299. The van der Waals surface area contributed by atoms with Gasteiger partial charge in [0.1, 0.15) is 17.3 Å². The van der Waals surface area contributed by atoms with Gasteiger partial charge in [-0.3, -0.25) is 4.79 Å². The molecule has 0 saturated carbocycles. The number of azo groups is 1. The number of hydrogen-bond acceptors (Lipinski definition) is 8. The van der Waals surface area contributed by atoms with E-state index in [9.17, 15) is 15.2 Å². The summed E-state index contributed by atoms with van der Waals surface area (Å²) in [5, 5.41) is 37.4. The largest absolute Gasteiger partial charge is 0.505 e. The number of rotatable bonds is 5. The molecule has 0 aliphatic carbocycles. The van der Waals surface area contributed by atoms with Crippen molar-refractivity contribution in [3.8, 4) is 17.8 Å². The predicted molar refractivity (Wildman–Crippen MR) is 133 cm³/mol. The Balaban J connectivity index is 1.60. The number of carbonyl (C=O) groups excluding carboxylic acids is 1. The zero-order valence-electron chi connectivity index (χ0n) is 18.4. The Bertz CT molecular complexity index is 1680. The molecule has 11 heteroatoms. The van der Waals surface area contributed by atoms with Crippen molar-refractivity contribution in [1.29, 1.82) is 5.26 Å². The highest BCUT2D eigenvalue weighted by molar-refractivity contribution is 6.31. The van der Waals surface area contributed by atoms with Gasteiger partial charge in [-0.25, -0.2) is 9.97 Å². The maximum absolute atomic E-state index is 13.2. The van der Waals surface area contributed by atoms with E-state index in [0.29, 0.717) is 21.5 Å². The van der Waals surface area contributed by atoms with E-state index in [4.69, 9.17) is 11.6 Å².